The van der Waals surface area contributed by atoms with Crippen LogP contribution in [-0.2, 0) is 4.74 Å². The Labute approximate surface area is 197 Å². The van der Waals surface area contributed by atoms with Gasteiger partial charge in [0.2, 0.25) is 0 Å². The van der Waals surface area contributed by atoms with Gasteiger partial charge in [0, 0.05) is 20.6 Å². The van der Waals surface area contributed by atoms with Crippen molar-refractivity contribution >= 4 is 39.3 Å². The highest BCUT2D eigenvalue weighted by Gasteiger charge is 2.22. The third kappa shape index (κ3) is 4.64. The zero-order valence-electron chi connectivity index (χ0n) is 17.0. The number of hydrogen-bond donors (Lipinski definition) is 0. The molecule has 0 spiro atoms. The highest BCUT2D eigenvalue weighted by atomic mass is 79.9. The van der Waals surface area contributed by atoms with Crippen LogP contribution in [0.2, 0.25) is 5.02 Å². The van der Waals surface area contributed by atoms with E-state index in [-0.39, 0.29) is 11.6 Å². The van der Waals surface area contributed by atoms with Gasteiger partial charge in [0.05, 0.1) is 5.69 Å². The summed E-state index contributed by atoms with van der Waals surface area (Å²) in [5, 5.41) is 4.95. The van der Waals surface area contributed by atoms with Crippen LogP contribution in [0.3, 0.4) is 0 Å². The molecule has 0 saturated carbocycles. The molecule has 8 heteroatoms. The lowest BCUT2D eigenvalue weighted by molar-refractivity contribution is 0.0462. The summed E-state index contributed by atoms with van der Waals surface area (Å²) in [6.45, 7) is 1.46. The number of carbonyl (C=O) groups excluding carboxylic acids is 2. The molecule has 0 unspecified atom stereocenters. The second kappa shape index (κ2) is 9.46. The van der Waals surface area contributed by atoms with E-state index in [2.05, 4.69) is 26.0 Å². The largest absolute Gasteiger partial charge is 0.451 e. The van der Waals surface area contributed by atoms with Crippen molar-refractivity contribution in [2.75, 3.05) is 6.61 Å². The molecule has 32 heavy (non-hydrogen) atoms. The number of benzene rings is 3. The molecule has 0 fully saturated rings. The summed E-state index contributed by atoms with van der Waals surface area (Å²) in [7, 11) is 0. The van der Waals surface area contributed by atoms with E-state index in [9.17, 15) is 9.59 Å². The lowest BCUT2D eigenvalue weighted by Crippen LogP contribution is -2.15. The highest BCUT2D eigenvalue weighted by Crippen LogP contribution is 2.27. The SMILES string of the molecule is Cc1c(Cl)cccc1-n1nc(C(=O)OCC(=O)c2ccccc2)nc1-c1ccc(Br)cc1. The smallest absolute Gasteiger partial charge is 0.378 e. The molecule has 160 valence electrons. The summed E-state index contributed by atoms with van der Waals surface area (Å²) in [6, 6.07) is 21.5. The van der Waals surface area contributed by atoms with Crippen LogP contribution >= 0.6 is 27.5 Å². The minimum Gasteiger partial charge on any atom is -0.451 e. The van der Waals surface area contributed by atoms with E-state index in [1.165, 1.54) is 0 Å². The van der Waals surface area contributed by atoms with Gasteiger partial charge in [-0.05, 0) is 36.8 Å². The van der Waals surface area contributed by atoms with Gasteiger partial charge >= 0.3 is 5.97 Å². The Hall–Kier alpha value is -3.29. The van der Waals surface area contributed by atoms with Crippen LogP contribution in [0.25, 0.3) is 17.1 Å². The van der Waals surface area contributed by atoms with Crippen LogP contribution < -0.4 is 0 Å². The van der Waals surface area contributed by atoms with Crippen molar-refractivity contribution in [2.45, 2.75) is 6.92 Å². The fourth-order valence-electron chi connectivity index (χ4n) is 3.08. The average Bonchev–Trinajstić information content (AvgIpc) is 3.25. The number of hydrogen-bond acceptors (Lipinski definition) is 5. The predicted molar refractivity (Wildman–Crippen MR) is 125 cm³/mol. The third-order valence-electron chi connectivity index (χ3n) is 4.79. The molecule has 1 heterocycles. The Morgan fingerprint density at radius 3 is 2.44 bits per heavy atom. The number of ether oxygens (including phenoxy) is 1. The zero-order valence-corrected chi connectivity index (χ0v) is 19.3. The van der Waals surface area contributed by atoms with Crippen molar-refractivity contribution in [1.29, 1.82) is 0 Å². The van der Waals surface area contributed by atoms with Crippen LogP contribution in [-0.4, -0.2) is 33.1 Å². The van der Waals surface area contributed by atoms with Gasteiger partial charge in [-0.2, -0.15) is 0 Å². The molecule has 3 aromatic carbocycles. The normalized spacial score (nSPS) is 10.7. The molecular weight excluding hydrogens is 494 g/mol. The van der Waals surface area contributed by atoms with Crippen molar-refractivity contribution in [2.24, 2.45) is 0 Å². The van der Waals surface area contributed by atoms with Crippen molar-refractivity contribution in [3.05, 3.63) is 99.2 Å². The van der Waals surface area contributed by atoms with Crippen molar-refractivity contribution < 1.29 is 14.3 Å². The lowest BCUT2D eigenvalue weighted by Gasteiger charge is -2.10. The minimum absolute atomic E-state index is 0.150. The number of ketones is 1. The standard InChI is InChI=1S/C24H17BrClN3O3/c1-15-19(26)8-5-9-20(15)29-23(17-10-12-18(25)13-11-17)27-22(28-29)24(31)32-14-21(30)16-6-3-2-4-7-16/h2-13H,14H2,1H3. The molecule has 0 radical (unpaired) electrons. The van der Waals surface area contributed by atoms with E-state index in [1.807, 2.05) is 37.3 Å². The van der Waals surface area contributed by atoms with Gasteiger partial charge in [0.15, 0.2) is 18.2 Å². The highest BCUT2D eigenvalue weighted by molar-refractivity contribution is 9.10. The second-order valence-electron chi connectivity index (χ2n) is 6.93. The van der Waals surface area contributed by atoms with E-state index in [0.29, 0.717) is 22.1 Å². The van der Waals surface area contributed by atoms with Crippen LogP contribution in [0.5, 0.6) is 0 Å². The number of carbonyl (C=O) groups is 2. The quantitative estimate of drug-likeness (QED) is 0.246. The summed E-state index contributed by atoms with van der Waals surface area (Å²) in [5.74, 6) is -0.796. The van der Waals surface area contributed by atoms with Crippen LogP contribution in [0.1, 0.15) is 26.5 Å². The Morgan fingerprint density at radius 1 is 1.00 bits per heavy atom. The summed E-state index contributed by atoms with van der Waals surface area (Å²) in [5.41, 5.74) is 2.68. The molecule has 0 amide bonds. The molecule has 0 atom stereocenters. The summed E-state index contributed by atoms with van der Waals surface area (Å²) >= 11 is 9.72. The molecule has 4 rings (SSSR count). The monoisotopic (exact) mass is 509 g/mol. The number of Topliss-reactive ketones (excluding diaryl/α,β-unsaturated/α-hetero) is 1. The Morgan fingerprint density at radius 2 is 1.72 bits per heavy atom. The summed E-state index contributed by atoms with van der Waals surface area (Å²) in [4.78, 5) is 29.4. The molecule has 0 N–H and O–H groups in total. The molecule has 0 bridgehead atoms. The van der Waals surface area contributed by atoms with E-state index in [4.69, 9.17) is 16.3 Å². The first-order valence-corrected chi connectivity index (χ1v) is 10.8. The van der Waals surface area contributed by atoms with Crippen molar-refractivity contribution in [3.63, 3.8) is 0 Å². The summed E-state index contributed by atoms with van der Waals surface area (Å²) < 4.78 is 7.66. The van der Waals surface area contributed by atoms with Gasteiger partial charge < -0.3 is 4.74 Å². The van der Waals surface area contributed by atoms with Crippen LogP contribution in [0, 0.1) is 6.92 Å². The minimum atomic E-state index is -0.786. The average molecular weight is 511 g/mol. The van der Waals surface area contributed by atoms with Gasteiger partial charge in [-0.15, -0.1) is 5.10 Å². The van der Waals surface area contributed by atoms with Gasteiger partial charge in [0.1, 0.15) is 0 Å². The number of rotatable bonds is 6. The third-order valence-corrected chi connectivity index (χ3v) is 5.73. The zero-order chi connectivity index (χ0) is 22.7. The molecule has 0 aliphatic carbocycles. The first-order valence-electron chi connectivity index (χ1n) is 9.68. The van der Waals surface area contributed by atoms with Crippen molar-refractivity contribution in [3.8, 4) is 17.1 Å². The van der Waals surface area contributed by atoms with Gasteiger partial charge in [-0.3, -0.25) is 4.79 Å². The van der Waals surface area contributed by atoms with Gasteiger partial charge in [0.25, 0.3) is 5.82 Å². The molecule has 0 aliphatic heterocycles. The first kappa shape index (κ1) is 21.9. The van der Waals surface area contributed by atoms with Gasteiger partial charge in [-0.1, -0.05) is 76.1 Å². The summed E-state index contributed by atoms with van der Waals surface area (Å²) in [6.07, 6.45) is 0. The van der Waals surface area contributed by atoms with E-state index < -0.39 is 12.6 Å². The number of nitrogens with zero attached hydrogens (tertiary/aromatic N) is 3. The Bertz CT molecular complexity index is 1290. The van der Waals surface area contributed by atoms with E-state index in [0.717, 1.165) is 15.6 Å². The maximum Gasteiger partial charge on any atom is 0.378 e. The molecule has 0 aliphatic rings. The maximum atomic E-state index is 12.7. The predicted octanol–water partition coefficient (Wildman–Crippen LogP) is 5.70. The van der Waals surface area contributed by atoms with E-state index >= 15 is 0 Å². The molecule has 4 aromatic rings. The van der Waals surface area contributed by atoms with E-state index in [1.54, 1.807) is 47.1 Å². The first-order chi connectivity index (χ1) is 15.4. The molecule has 0 saturated heterocycles. The number of esters is 1. The second-order valence-corrected chi connectivity index (χ2v) is 8.25. The fraction of sp³-hybridized carbons (Fsp3) is 0.0833. The van der Waals surface area contributed by atoms with Gasteiger partial charge in [-0.25, -0.2) is 14.5 Å². The van der Waals surface area contributed by atoms with Crippen LogP contribution in [0.4, 0.5) is 0 Å². The topological polar surface area (TPSA) is 74.1 Å². The fourth-order valence-corrected chi connectivity index (χ4v) is 3.51. The molecule has 1 aromatic heterocycles. The number of halogens is 2. The maximum absolute atomic E-state index is 12.7. The number of aromatic nitrogens is 3. The Balaban J connectivity index is 1.67. The Kier molecular flexibility index (Phi) is 6.48. The molecule has 6 nitrogen and oxygen atoms in total. The molecular formula is C24H17BrClN3O3. The lowest BCUT2D eigenvalue weighted by atomic mass is 10.1. The van der Waals surface area contributed by atoms with Crippen LogP contribution in [0.15, 0.2) is 77.3 Å². The van der Waals surface area contributed by atoms with Crippen molar-refractivity contribution in [1.82, 2.24) is 14.8 Å².